The van der Waals surface area contributed by atoms with Crippen LogP contribution in [0, 0.1) is 5.92 Å². The first kappa shape index (κ1) is 14.6. The van der Waals surface area contributed by atoms with Crippen molar-refractivity contribution in [1.82, 2.24) is 10.2 Å². The number of carbonyl (C=O) groups is 2. The number of alkyl halides is 3. The largest absolute Gasteiger partial charge is 0.480 e. The number of rotatable bonds is 2. The maximum absolute atomic E-state index is 12.4. The van der Waals surface area contributed by atoms with E-state index in [1.807, 2.05) is 0 Å². The van der Waals surface area contributed by atoms with Crippen molar-refractivity contribution in [2.45, 2.75) is 32.0 Å². The van der Waals surface area contributed by atoms with Crippen molar-refractivity contribution in [1.29, 1.82) is 0 Å². The van der Waals surface area contributed by atoms with Gasteiger partial charge in [-0.25, -0.2) is 4.79 Å². The lowest BCUT2D eigenvalue weighted by Crippen LogP contribution is -2.50. The van der Waals surface area contributed by atoms with Gasteiger partial charge in [-0.3, -0.25) is 4.79 Å². The molecule has 0 bridgehead atoms. The lowest BCUT2D eigenvalue weighted by molar-refractivity contribution is -0.183. The summed E-state index contributed by atoms with van der Waals surface area (Å²) in [6, 6.07) is -1.69. The molecule has 1 fully saturated rings. The molecule has 0 radical (unpaired) electrons. The van der Waals surface area contributed by atoms with Crippen LogP contribution in [0.5, 0.6) is 0 Å². The Labute approximate surface area is 102 Å². The van der Waals surface area contributed by atoms with Gasteiger partial charge in [-0.15, -0.1) is 0 Å². The van der Waals surface area contributed by atoms with Gasteiger partial charge in [0.15, 0.2) is 0 Å². The first-order valence-electron chi connectivity index (χ1n) is 5.56. The van der Waals surface area contributed by atoms with Gasteiger partial charge in [0.05, 0.1) is 5.92 Å². The summed E-state index contributed by atoms with van der Waals surface area (Å²) >= 11 is 0. The third-order valence-corrected chi connectivity index (χ3v) is 2.96. The standard InChI is InChI=1S/C10H15F3N2O3/c1-6(8(16)17)14-9(18)15-4-2-7(3-5-15)10(11,12)13/h6-7H,2-5H2,1H3,(H,14,18)(H,16,17)/t6-/m0/s1. The zero-order valence-electron chi connectivity index (χ0n) is 9.83. The van der Waals surface area contributed by atoms with Crippen LogP contribution in [0.4, 0.5) is 18.0 Å². The van der Waals surface area contributed by atoms with Crippen LogP contribution in [0.15, 0.2) is 0 Å². The van der Waals surface area contributed by atoms with Crippen molar-refractivity contribution in [3.63, 3.8) is 0 Å². The first-order valence-corrected chi connectivity index (χ1v) is 5.56. The van der Waals surface area contributed by atoms with Gasteiger partial charge in [0, 0.05) is 13.1 Å². The Kier molecular flexibility index (Phi) is 4.42. The second-order valence-corrected chi connectivity index (χ2v) is 4.31. The number of likely N-dealkylation sites (tertiary alicyclic amines) is 1. The van der Waals surface area contributed by atoms with Gasteiger partial charge in [0.25, 0.3) is 0 Å². The molecule has 0 spiro atoms. The number of hydrogen-bond donors (Lipinski definition) is 2. The van der Waals surface area contributed by atoms with Gasteiger partial charge >= 0.3 is 18.2 Å². The van der Waals surface area contributed by atoms with E-state index in [0.717, 1.165) is 0 Å². The van der Waals surface area contributed by atoms with Crippen molar-refractivity contribution in [3.8, 4) is 0 Å². The molecule has 0 aromatic carbocycles. The maximum atomic E-state index is 12.4. The number of carbonyl (C=O) groups excluding carboxylic acids is 1. The van der Waals surface area contributed by atoms with Gasteiger partial charge in [-0.1, -0.05) is 0 Å². The second-order valence-electron chi connectivity index (χ2n) is 4.31. The molecule has 0 aliphatic carbocycles. The molecule has 1 aliphatic heterocycles. The van der Waals surface area contributed by atoms with Crippen LogP contribution >= 0.6 is 0 Å². The number of halogens is 3. The summed E-state index contributed by atoms with van der Waals surface area (Å²) in [7, 11) is 0. The molecule has 1 rings (SSSR count). The molecule has 1 heterocycles. The highest BCUT2D eigenvalue weighted by Gasteiger charge is 2.41. The molecule has 0 unspecified atom stereocenters. The number of carboxylic acid groups (broad SMARTS) is 1. The molecule has 1 saturated heterocycles. The summed E-state index contributed by atoms with van der Waals surface area (Å²) in [6.45, 7) is 1.27. The number of hydrogen-bond acceptors (Lipinski definition) is 2. The minimum absolute atomic E-state index is 0.0116. The van der Waals surface area contributed by atoms with Crippen molar-refractivity contribution in [2.75, 3.05) is 13.1 Å². The number of nitrogens with zero attached hydrogens (tertiary/aromatic N) is 1. The normalized spacial score (nSPS) is 19.4. The summed E-state index contributed by atoms with van der Waals surface area (Å²) in [4.78, 5) is 23.3. The fraction of sp³-hybridized carbons (Fsp3) is 0.800. The maximum Gasteiger partial charge on any atom is 0.391 e. The lowest BCUT2D eigenvalue weighted by atomic mass is 9.96. The summed E-state index contributed by atoms with van der Waals surface area (Å²) < 4.78 is 37.2. The number of aliphatic carboxylic acids is 1. The van der Waals surface area contributed by atoms with E-state index in [1.54, 1.807) is 0 Å². The van der Waals surface area contributed by atoms with Crippen LogP contribution in [0.25, 0.3) is 0 Å². The summed E-state index contributed by atoms with van der Waals surface area (Å²) in [5, 5.41) is 10.8. The number of nitrogens with one attached hydrogen (secondary N) is 1. The molecule has 0 aromatic heterocycles. The number of urea groups is 1. The van der Waals surface area contributed by atoms with E-state index in [-0.39, 0.29) is 25.9 Å². The zero-order chi connectivity index (χ0) is 13.9. The van der Waals surface area contributed by atoms with Gasteiger partial charge in [-0.2, -0.15) is 13.2 Å². The SMILES string of the molecule is C[C@H](NC(=O)N1CCC(C(F)(F)F)CC1)C(=O)O. The predicted molar refractivity (Wildman–Crippen MR) is 56.0 cm³/mol. The highest BCUT2D eigenvalue weighted by atomic mass is 19.4. The third kappa shape index (κ3) is 3.78. The Morgan fingerprint density at radius 3 is 2.22 bits per heavy atom. The third-order valence-electron chi connectivity index (χ3n) is 2.96. The predicted octanol–water partition coefficient (Wildman–Crippen LogP) is 1.44. The molecule has 104 valence electrons. The fourth-order valence-corrected chi connectivity index (χ4v) is 1.75. The second kappa shape index (κ2) is 5.45. The quantitative estimate of drug-likeness (QED) is 0.796. The Morgan fingerprint density at radius 1 is 1.33 bits per heavy atom. The lowest BCUT2D eigenvalue weighted by Gasteiger charge is -2.33. The van der Waals surface area contributed by atoms with Gasteiger partial charge in [0.2, 0.25) is 0 Å². The highest BCUT2D eigenvalue weighted by molar-refractivity contribution is 5.82. The molecule has 18 heavy (non-hydrogen) atoms. The van der Waals surface area contributed by atoms with Crippen molar-refractivity contribution >= 4 is 12.0 Å². The Bertz CT molecular complexity index is 325. The summed E-state index contributed by atoms with van der Waals surface area (Å²) in [5.74, 6) is -2.56. The fourth-order valence-electron chi connectivity index (χ4n) is 1.75. The van der Waals surface area contributed by atoms with Crippen LogP contribution in [0.1, 0.15) is 19.8 Å². The van der Waals surface area contributed by atoms with Gasteiger partial charge in [0.1, 0.15) is 6.04 Å². The molecule has 1 atom stereocenters. The van der Waals surface area contributed by atoms with E-state index in [4.69, 9.17) is 5.11 Å². The van der Waals surface area contributed by atoms with Crippen LogP contribution in [0.2, 0.25) is 0 Å². The van der Waals surface area contributed by atoms with Crippen molar-refractivity contribution in [3.05, 3.63) is 0 Å². The molecular weight excluding hydrogens is 253 g/mol. The molecule has 1 aliphatic rings. The molecule has 8 heteroatoms. The molecule has 2 N–H and O–H groups in total. The zero-order valence-corrected chi connectivity index (χ0v) is 9.83. The molecule has 5 nitrogen and oxygen atoms in total. The van der Waals surface area contributed by atoms with E-state index in [0.29, 0.717) is 0 Å². The molecule has 0 aromatic rings. The van der Waals surface area contributed by atoms with Crippen molar-refractivity contribution in [2.24, 2.45) is 5.92 Å². The van der Waals surface area contributed by atoms with E-state index < -0.39 is 30.1 Å². The minimum atomic E-state index is -4.23. The Hall–Kier alpha value is -1.47. The average Bonchev–Trinajstić information content (AvgIpc) is 2.27. The molecule has 0 saturated carbocycles. The topological polar surface area (TPSA) is 69.6 Å². The summed E-state index contributed by atoms with van der Waals surface area (Å²) in [5.41, 5.74) is 0. The van der Waals surface area contributed by atoms with Crippen LogP contribution in [-0.2, 0) is 4.79 Å². The minimum Gasteiger partial charge on any atom is -0.480 e. The van der Waals surface area contributed by atoms with Gasteiger partial charge < -0.3 is 15.3 Å². The molecule has 2 amide bonds. The number of carboxylic acids is 1. The van der Waals surface area contributed by atoms with E-state index in [1.165, 1.54) is 11.8 Å². The van der Waals surface area contributed by atoms with E-state index in [2.05, 4.69) is 5.32 Å². The van der Waals surface area contributed by atoms with Crippen LogP contribution in [0.3, 0.4) is 0 Å². The van der Waals surface area contributed by atoms with E-state index in [9.17, 15) is 22.8 Å². The monoisotopic (exact) mass is 268 g/mol. The number of piperidine rings is 1. The van der Waals surface area contributed by atoms with Gasteiger partial charge in [-0.05, 0) is 19.8 Å². The average molecular weight is 268 g/mol. The highest BCUT2D eigenvalue weighted by Crippen LogP contribution is 2.33. The Balaban J connectivity index is 2.43. The van der Waals surface area contributed by atoms with Crippen LogP contribution in [-0.4, -0.2) is 47.3 Å². The smallest absolute Gasteiger partial charge is 0.391 e. The molecular formula is C10H15F3N2O3. The number of amides is 2. The Morgan fingerprint density at radius 2 is 1.83 bits per heavy atom. The van der Waals surface area contributed by atoms with Crippen LogP contribution < -0.4 is 5.32 Å². The first-order chi connectivity index (χ1) is 8.21. The summed E-state index contributed by atoms with van der Waals surface area (Å²) in [6.07, 6.45) is -4.51. The van der Waals surface area contributed by atoms with Crippen molar-refractivity contribution < 1.29 is 27.9 Å². The van der Waals surface area contributed by atoms with E-state index >= 15 is 0 Å².